The third-order valence-electron chi connectivity index (χ3n) is 2.71. The summed E-state index contributed by atoms with van der Waals surface area (Å²) < 4.78 is 0.852. The van der Waals surface area contributed by atoms with Crippen LogP contribution in [0.3, 0.4) is 0 Å². The maximum absolute atomic E-state index is 11.4. The van der Waals surface area contributed by atoms with Crippen molar-refractivity contribution in [2.75, 3.05) is 19.0 Å². The molecule has 0 aliphatic heterocycles. The number of rotatable bonds is 3. The highest BCUT2D eigenvalue weighted by molar-refractivity contribution is 5.68. The summed E-state index contributed by atoms with van der Waals surface area (Å²) in [7, 11) is 4.02. The van der Waals surface area contributed by atoms with Gasteiger partial charge in [0.2, 0.25) is 5.69 Å². The monoisotopic (exact) mass is 240 g/mol. The van der Waals surface area contributed by atoms with Crippen molar-refractivity contribution in [3.63, 3.8) is 0 Å². The van der Waals surface area contributed by atoms with Crippen LogP contribution in [0.15, 0.2) is 48.7 Å². The molecule has 0 spiro atoms. The maximum atomic E-state index is 11.4. The van der Waals surface area contributed by atoms with Crippen LogP contribution in [-0.4, -0.2) is 14.1 Å². The molecule has 2 rings (SSSR count). The lowest BCUT2D eigenvalue weighted by molar-refractivity contribution is -0.607. The largest absolute Gasteiger partial charge is 0.618 e. The first-order valence-electron chi connectivity index (χ1n) is 5.80. The molecule has 1 heterocycles. The van der Waals surface area contributed by atoms with Gasteiger partial charge in [-0.1, -0.05) is 12.1 Å². The van der Waals surface area contributed by atoms with E-state index in [9.17, 15) is 5.21 Å². The van der Waals surface area contributed by atoms with Gasteiger partial charge in [-0.05, 0) is 29.8 Å². The smallest absolute Gasteiger partial charge is 0.216 e. The molecule has 0 fully saturated rings. The molecule has 0 aliphatic rings. The molecule has 1 aromatic heterocycles. The topological polar surface area (TPSA) is 30.2 Å². The zero-order chi connectivity index (χ0) is 13.0. The van der Waals surface area contributed by atoms with Gasteiger partial charge in [-0.3, -0.25) is 0 Å². The lowest BCUT2D eigenvalue weighted by Gasteiger charge is -2.11. The van der Waals surface area contributed by atoms with Gasteiger partial charge in [0.1, 0.15) is 0 Å². The Morgan fingerprint density at radius 3 is 2.33 bits per heavy atom. The van der Waals surface area contributed by atoms with E-state index in [1.165, 1.54) is 6.20 Å². The molecule has 1 aromatic carbocycles. The lowest BCUT2D eigenvalue weighted by Crippen LogP contribution is -2.28. The number of aromatic nitrogens is 1. The zero-order valence-corrected chi connectivity index (χ0v) is 10.6. The van der Waals surface area contributed by atoms with E-state index in [1.54, 1.807) is 12.1 Å². The minimum absolute atomic E-state index is 0.634. The van der Waals surface area contributed by atoms with Crippen LogP contribution in [0.4, 0.5) is 5.69 Å². The Labute approximate surface area is 107 Å². The molecule has 2 aromatic rings. The van der Waals surface area contributed by atoms with Gasteiger partial charge in [0.05, 0.1) is 0 Å². The van der Waals surface area contributed by atoms with E-state index in [1.807, 2.05) is 44.4 Å². The zero-order valence-electron chi connectivity index (χ0n) is 10.6. The number of hydrogen-bond donors (Lipinski definition) is 0. The highest BCUT2D eigenvalue weighted by Crippen LogP contribution is 2.13. The van der Waals surface area contributed by atoms with Crippen molar-refractivity contribution in [3.05, 3.63) is 65.1 Å². The second kappa shape index (κ2) is 5.36. The Bertz CT molecular complexity index is 545. The minimum Gasteiger partial charge on any atom is -0.618 e. The Morgan fingerprint density at radius 1 is 1.00 bits per heavy atom. The van der Waals surface area contributed by atoms with Crippen LogP contribution in [-0.2, 0) is 0 Å². The Balaban J connectivity index is 2.17. The highest BCUT2D eigenvalue weighted by atomic mass is 16.5. The molecule has 92 valence electrons. The summed E-state index contributed by atoms with van der Waals surface area (Å²) in [6.07, 6.45) is 5.25. The Morgan fingerprint density at radius 2 is 1.72 bits per heavy atom. The second-order valence-corrected chi connectivity index (χ2v) is 4.27. The molecule has 18 heavy (non-hydrogen) atoms. The van der Waals surface area contributed by atoms with Crippen molar-refractivity contribution >= 4 is 17.8 Å². The summed E-state index contributed by atoms with van der Waals surface area (Å²) in [6.45, 7) is 0. The van der Waals surface area contributed by atoms with Crippen LogP contribution < -0.4 is 9.63 Å². The van der Waals surface area contributed by atoms with Gasteiger partial charge in [-0.25, -0.2) is 0 Å². The average molecular weight is 240 g/mol. The molecule has 0 saturated heterocycles. The first-order chi connectivity index (χ1) is 8.66. The normalized spacial score (nSPS) is 10.8. The number of nitrogens with zero attached hydrogens (tertiary/aromatic N) is 2. The number of hydrogen-bond acceptors (Lipinski definition) is 2. The van der Waals surface area contributed by atoms with Crippen molar-refractivity contribution < 1.29 is 4.73 Å². The molecule has 0 amide bonds. The third kappa shape index (κ3) is 2.88. The van der Waals surface area contributed by atoms with Gasteiger partial charge >= 0.3 is 0 Å². The third-order valence-corrected chi connectivity index (χ3v) is 2.71. The van der Waals surface area contributed by atoms with E-state index in [4.69, 9.17) is 0 Å². The Kier molecular flexibility index (Phi) is 3.63. The highest BCUT2D eigenvalue weighted by Gasteiger charge is 1.98. The lowest BCUT2D eigenvalue weighted by atomic mass is 10.1. The minimum atomic E-state index is 0.634. The Hall–Kier alpha value is -2.29. The summed E-state index contributed by atoms with van der Waals surface area (Å²) in [5, 5.41) is 11.4. The van der Waals surface area contributed by atoms with Crippen LogP contribution in [0.1, 0.15) is 11.3 Å². The van der Waals surface area contributed by atoms with Crippen molar-refractivity contribution in [1.29, 1.82) is 0 Å². The van der Waals surface area contributed by atoms with E-state index < -0.39 is 0 Å². The molecule has 3 heteroatoms. The predicted octanol–water partition coefficient (Wildman–Crippen LogP) is 2.56. The second-order valence-electron chi connectivity index (χ2n) is 4.27. The number of anilines is 1. The summed E-state index contributed by atoms with van der Waals surface area (Å²) >= 11 is 0. The fraction of sp³-hybridized carbons (Fsp3) is 0.133. The molecule has 0 unspecified atom stereocenters. The summed E-state index contributed by atoms with van der Waals surface area (Å²) in [5.74, 6) is 0. The molecular formula is C15H16N2O. The summed E-state index contributed by atoms with van der Waals surface area (Å²) in [6, 6.07) is 13.5. The van der Waals surface area contributed by atoms with Gasteiger partial charge in [0, 0.05) is 38.0 Å². The van der Waals surface area contributed by atoms with Crippen LogP contribution in [0.2, 0.25) is 0 Å². The van der Waals surface area contributed by atoms with Crippen molar-refractivity contribution in [1.82, 2.24) is 0 Å². The van der Waals surface area contributed by atoms with E-state index in [2.05, 4.69) is 17.0 Å². The fourth-order valence-electron chi connectivity index (χ4n) is 1.64. The average Bonchev–Trinajstić information content (AvgIpc) is 2.38. The van der Waals surface area contributed by atoms with E-state index in [-0.39, 0.29) is 0 Å². The van der Waals surface area contributed by atoms with E-state index >= 15 is 0 Å². The van der Waals surface area contributed by atoms with Crippen LogP contribution >= 0.6 is 0 Å². The first-order valence-corrected chi connectivity index (χ1v) is 5.80. The van der Waals surface area contributed by atoms with Crippen molar-refractivity contribution in [2.45, 2.75) is 0 Å². The van der Waals surface area contributed by atoms with Crippen molar-refractivity contribution in [3.8, 4) is 0 Å². The standard InChI is InChI=1S/C15H16N2O/c1-16(2)14-9-6-13(7-10-14)8-11-15-5-3-4-12-17(15)18/h3-12H,1-2H3/b11-8-. The van der Waals surface area contributed by atoms with Gasteiger partial charge < -0.3 is 10.1 Å². The molecule has 0 saturated carbocycles. The van der Waals surface area contributed by atoms with Crippen LogP contribution in [0.5, 0.6) is 0 Å². The quantitative estimate of drug-likeness (QED) is 0.609. The summed E-state index contributed by atoms with van der Waals surface area (Å²) in [5.41, 5.74) is 2.87. The van der Waals surface area contributed by atoms with Gasteiger partial charge in [-0.2, -0.15) is 4.73 Å². The predicted molar refractivity (Wildman–Crippen MR) is 75.1 cm³/mol. The summed E-state index contributed by atoms with van der Waals surface area (Å²) in [4.78, 5) is 2.05. The maximum Gasteiger partial charge on any atom is 0.216 e. The molecule has 0 N–H and O–H groups in total. The van der Waals surface area contributed by atoms with Gasteiger partial charge in [-0.15, -0.1) is 0 Å². The fourth-order valence-corrected chi connectivity index (χ4v) is 1.64. The first kappa shape index (κ1) is 12.2. The number of pyridine rings is 1. The van der Waals surface area contributed by atoms with E-state index in [0.29, 0.717) is 5.69 Å². The van der Waals surface area contributed by atoms with Crippen LogP contribution in [0.25, 0.3) is 12.2 Å². The molecule has 0 bridgehead atoms. The molecular weight excluding hydrogens is 224 g/mol. The molecule has 3 nitrogen and oxygen atoms in total. The number of benzene rings is 1. The SMILES string of the molecule is CN(C)c1ccc(/C=C\c2cccc[n+]2[O-])cc1. The molecule has 0 radical (unpaired) electrons. The van der Waals surface area contributed by atoms with Crippen LogP contribution in [0, 0.1) is 5.21 Å². The molecule has 0 aliphatic carbocycles. The van der Waals surface area contributed by atoms with E-state index in [0.717, 1.165) is 16.0 Å². The van der Waals surface area contributed by atoms with Gasteiger partial charge in [0.15, 0.2) is 6.20 Å². The molecule has 0 atom stereocenters. The van der Waals surface area contributed by atoms with Gasteiger partial charge in [0.25, 0.3) is 0 Å². The van der Waals surface area contributed by atoms with Crippen molar-refractivity contribution in [2.24, 2.45) is 0 Å².